The lowest BCUT2D eigenvalue weighted by Crippen LogP contribution is -2.30. The van der Waals surface area contributed by atoms with Crippen LogP contribution >= 0.6 is 0 Å². The summed E-state index contributed by atoms with van der Waals surface area (Å²) in [4.78, 5) is 38.3. The highest BCUT2D eigenvalue weighted by molar-refractivity contribution is 5.71. The molecule has 0 aromatic rings. The molecule has 0 fully saturated rings. The van der Waals surface area contributed by atoms with E-state index in [1.165, 1.54) is 276 Å². The molecule has 6 nitrogen and oxygen atoms in total. The third kappa shape index (κ3) is 60.9. The zero-order chi connectivity index (χ0) is 52.9. The fourth-order valence-electron chi connectivity index (χ4n) is 10.3. The molecule has 0 amide bonds. The molecule has 0 saturated carbocycles. The van der Waals surface area contributed by atoms with Crippen LogP contribution in [-0.2, 0) is 28.6 Å². The maximum absolute atomic E-state index is 12.9. The number of carbonyl (C=O) groups excluding carboxylic acids is 3. The Morgan fingerprint density at radius 1 is 0.260 bits per heavy atom. The van der Waals surface area contributed by atoms with E-state index in [0.29, 0.717) is 19.3 Å². The van der Waals surface area contributed by atoms with Gasteiger partial charge in [-0.25, -0.2) is 0 Å². The van der Waals surface area contributed by atoms with Gasteiger partial charge in [-0.1, -0.05) is 328 Å². The molecule has 0 spiro atoms. The Morgan fingerprint density at radius 3 is 0.699 bits per heavy atom. The topological polar surface area (TPSA) is 78.9 Å². The van der Waals surface area contributed by atoms with Crippen LogP contribution in [0.4, 0.5) is 0 Å². The largest absolute Gasteiger partial charge is 0.462 e. The number of rotatable bonds is 62. The summed E-state index contributed by atoms with van der Waals surface area (Å²) in [6.07, 6.45) is 73.7. The van der Waals surface area contributed by atoms with Crippen molar-refractivity contribution in [2.75, 3.05) is 13.2 Å². The van der Waals surface area contributed by atoms with Gasteiger partial charge in [0, 0.05) is 19.3 Å². The summed E-state index contributed by atoms with van der Waals surface area (Å²) in [5.74, 6) is -0.843. The van der Waals surface area contributed by atoms with E-state index in [1.54, 1.807) is 0 Å². The van der Waals surface area contributed by atoms with E-state index in [4.69, 9.17) is 14.2 Å². The van der Waals surface area contributed by atoms with Gasteiger partial charge in [-0.2, -0.15) is 0 Å². The van der Waals surface area contributed by atoms with Gasteiger partial charge in [0.05, 0.1) is 0 Å². The first kappa shape index (κ1) is 71.2. The average Bonchev–Trinajstić information content (AvgIpc) is 3.39. The summed E-state index contributed by atoms with van der Waals surface area (Å²) in [6.45, 7) is 6.70. The first-order valence-electron chi connectivity index (χ1n) is 33.2. The molecular formula is C67H128O6. The molecule has 0 rings (SSSR count). The van der Waals surface area contributed by atoms with E-state index >= 15 is 0 Å². The average molecular weight is 1030 g/mol. The number of ether oxygens (including phenoxy) is 3. The van der Waals surface area contributed by atoms with E-state index in [0.717, 1.165) is 64.2 Å². The third-order valence-corrected chi connectivity index (χ3v) is 15.3. The smallest absolute Gasteiger partial charge is 0.306 e. The lowest BCUT2D eigenvalue weighted by Gasteiger charge is -2.18. The van der Waals surface area contributed by atoms with Crippen molar-refractivity contribution in [1.82, 2.24) is 0 Å². The van der Waals surface area contributed by atoms with Crippen molar-refractivity contribution in [2.24, 2.45) is 0 Å². The fraction of sp³-hybridized carbons (Fsp3) is 0.925. The van der Waals surface area contributed by atoms with Crippen LogP contribution in [0.2, 0.25) is 0 Å². The highest BCUT2D eigenvalue weighted by atomic mass is 16.6. The van der Waals surface area contributed by atoms with Crippen LogP contribution in [0.25, 0.3) is 0 Å². The van der Waals surface area contributed by atoms with Gasteiger partial charge in [0.15, 0.2) is 6.10 Å². The number of carbonyl (C=O) groups is 3. The van der Waals surface area contributed by atoms with Gasteiger partial charge < -0.3 is 14.2 Å². The molecular weight excluding hydrogens is 901 g/mol. The van der Waals surface area contributed by atoms with E-state index < -0.39 is 6.10 Å². The summed E-state index contributed by atoms with van der Waals surface area (Å²) < 4.78 is 17.0. The van der Waals surface area contributed by atoms with Crippen LogP contribution in [0.3, 0.4) is 0 Å². The molecule has 0 radical (unpaired) electrons. The Morgan fingerprint density at radius 2 is 0.452 bits per heavy atom. The van der Waals surface area contributed by atoms with Crippen molar-refractivity contribution >= 4 is 17.9 Å². The molecule has 432 valence electrons. The number of esters is 3. The summed E-state index contributed by atoms with van der Waals surface area (Å²) in [7, 11) is 0. The van der Waals surface area contributed by atoms with Crippen LogP contribution < -0.4 is 0 Å². The summed E-state index contributed by atoms with van der Waals surface area (Å²) in [6, 6.07) is 0. The SMILES string of the molecule is CCCCCC/C=C\CCCCCCCC(=O)OCC(COC(=O)CCCCCCCCCCCCCCCCCCCCCCCC)OC(=O)CCCCCCCCCCCCCCCCCCCCCC. The normalized spacial score (nSPS) is 12.0. The molecule has 0 heterocycles. The molecule has 73 heavy (non-hydrogen) atoms. The van der Waals surface area contributed by atoms with E-state index in [-0.39, 0.29) is 31.1 Å². The van der Waals surface area contributed by atoms with Crippen LogP contribution in [-0.4, -0.2) is 37.2 Å². The number of hydrogen-bond donors (Lipinski definition) is 0. The van der Waals surface area contributed by atoms with Crippen LogP contribution in [0.15, 0.2) is 12.2 Å². The lowest BCUT2D eigenvalue weighted by molar-refractivity contribution is -0.167. The Hall–Kier alpha value is -1.85. The van der Waals surface area contributed by atoms with Crippen LogP contribution in [0, 0.1) is 0 Å². The molecule has 0 aliphatic heterocycles. The van der Waals surface area contributed by atoms with E-state index in [2.05, 4.69) is 32.9 Å². The highest BCUT2D eigenvalue weighted by Gasteiger charge is 2.19. The minimum Gasteiger partial charge on any atom is -0.462 e. The molecule has 0 aromatic carbocycles. The Kier molecular flexibility index (Phi) is 61.1. The quantitative estimate of drug-likeness (QED) is 0.0261. The minimum atomic E-state index is -0.769. The second-order valence-electron chi connectivity index (χ2n) is 22.7. The molecule has 0 bridgehead atoms. The highest BCUT2D eigenvalue weighted by Crippen LogP contribution is 2.19. The second kappa shape index (κ2) is 62.7. The number of hydrogen-bond acceptors (Lipinski definition) is 6. The van der Waals surface area contributed by atoms with Gasteiger partial charge in [0.1, 0.15) is 13.2 Å². The van der Waals surface area contributed by atoms with Gasteiger partial charge in [-0.05, 0) is 44.9 Å². The van der Waals surface area contributed by atoms with Gasteiger partial charge in [0.2, 0.25) is 0 Å². The number of unbranched alkanes of at least 4 members (excludes halogenated alkanes) is 49. The van der Waals surface area contributed by atoms with Gasteiger partial charge in [-0.15, -0.1) is 0 Å². The Balaban J connectivity index is 4.24. The third-order valence-electron chi connectivity index (χ3n) is 15.3. The maximum atomic E-state index is 12.9. The summed E-state index contributed by atoms with van der Waals surface area (Å²) in [5.41, 5.74) is 0. The van der Waals surface area contributed by atoms with E-state index in [1.807, 2.05) is 0 Å². The fourth-order valence-corrected chi connectivity index (χ4v) is 10.3. The molecule has 1 unspecified atom stereocenters. The van der Waals surface area contributed by atoms with Gasteiger partial charge in [-0.3, -0.25) is 14.4 Å². The first-order chi connectivity index (χ1) is 36.0. The predicted octanol–water partition coefficient (Wildman–Crippen LogP) is 22.4. The van der Waals surface area contributed by atoms with Crippen molar-refractivity contribution in [2.45, 2.75) is 386 Å². The lowest BCUT2D eigenvalue weighted by atomic mass is 10.0. The predicted molar refractivity (Wildman–Crippen MR) is 317 cm³/mol. The van der Waals surface area contributed by atoms with Crippen molar-refractivity contribution in [3.8, 4) is 0 Å². The zero-order valence-electron chi connectivity index (χ0n) is 49.7. The number of allylic oxidation sites excluding steroid dienone is 2. The second-order valence-corrected chi connectivity index (χ2v) is 22.7. The van der Waals surface area contributed by atoms with Crippen LogP contribution in [0.1, 0.15) is 380 Å². The summed E-state index contributed by atoms with van der Waals surface area (Å²) >= 11 is 0. The molecule has 0 aliphatic carbocycles. The Labute approximate surface area is 456 Å². The molecule has 6 heteroatoms. The molecule has 0 saturated heterocycles. The van der Waals surface area contributed by atoms with Crippen molar-refractivity contribution in [1.29, 1.82) is 0 Å². The molecule has 0 aliphatic rings. The van der Waals surface area contributed by atoms with Gasteiger partial charge in [0.25, 0.3) is 0 Å². The molecule has 1 atom stereocenters. The van der Waals surface area contributed by atoms with Crippen molar-refractivity contribution < 1.29 is 28.6 Å². The molecule has 0 aromatic heterocycles. The monoisotopic (exact) mass is 1030 g/mol. The zero-order valence-corrected chi connectivity index (χ0v) is 49.7. The van der Waals surface area contributed by atoms with Crippen molar-refractivity contribution in [3.05, 3.63) is 12.2 Å². The maximum Gasteiger partial charge on any atom is 0.306 e. The Bertz CT molecular complexity index is 1130. The summed E-state index contributed by atoms with van der Waals surface area (Å²) in [5, 5.41) is 0. The van der Waals surface area contributed by atoms with E-state index in [9.17, 15) is 14.4 Å². The molecule has 0 N–H and O–H groups in total. The minimum absolute atomic E-state index is 0.0659. The van der Waals surface area contributed by atoms with Crippen molar-refractivity contribution in [3.63, 3.8) is 0 Å². The standard InChI is InChI=1S/C67H128O6/c1-4-7-10-13-16-19-22-25-27-29-31-33-34-36-37-39-42-45-48-51-54-57-60-66(69)72-63-64(62-71-65(68)59-56-53-50-47-44-41-24-21-18-15-12-9-6-3)73-67(70)61-58-55-52-49-46-43-40-38-35-32-30-28-26-23-20-17-14-11-8-5-2/h21,24,64H,4-20,22-23,25-63H2,1-3H3/b24-21-. The first-order valence-corrected chi connectivity index (χ1v) is 33.2. The van der Waals surface area contributed by atoms with Gasteiger partial charge >= 0.3 is 17.9 Å². The van der Waals surface area contributed by atoms with Crippen LogP contribution in [0.5, 0.6) is 0 Å².